The van der Waals surface area contributed by atoms with Gasteiger partial charge in [0.2, 0.25) is 5.91 Å². The first-order valence-electron chi connectivity index (χ1n) is 9.36. The summed E-state index contributed by atoms with van der Waals surface area (Å²) < 4.78 is 5.34. The van der Waals surface area contributed by atoms with E-state index in [2.05, 4.69) is 5.32 Å². The van der Waals surface area contributed by atoms with Crippen molar-refractivity contribution in [1.29, 1.82) is 0 Å². The third kappa shape index (κ3) is 4.51. The van der Waals surface area contributed by atoms with E-state index >= 15 is 0 Å². The molecular formula is C22H27N3O3. The Kier molecular flexibility index (Phi) is 5.42. The van der Waals surface area contributed by atoms with E-state index in [0.29, 0.717) is 18.8 Å². The first kappa shape index (κ1) is 19.9. The molecule has 3 N–H and O–H groups in total. The molecule has 1 atom stereocenters. The summed E-state index contributed by atoms with van der Waals surface area (Å²) in [5, 5.41) is 2.80. The van der Waals surface area contributed by atoms with Gasteiger partial charge >= 0.3 is 6.09 Å². The Morgan fingerprint density at radius 1 is 1.25 bits per heavy atom. The Hall–Kier alpha value is -2.86. The normalized spacial score (nSPS) is 16.5. The number of carbonyl (C=O) groups is 2. The van der Waals surface area contributed by atoms with E-state index in [1.54, 1.807) is 4.90 Å². The molecule has 6 heteroatoms. The molecule has 1 aliphatic heterocycles. The molecule has 3 rings (SSSR count). The summed E-state index contributed by atoms with van der Waals surface area (Å²) in [7, 11) is 0. The molecule has 28 heavy (non-hydrogen) atoms. The molecule has 1 unspecified atom stereocenters. The summed E-state index contributed by atoms with van der Waals surface area (Å²) in [6.45, 7) is 8.27. The maximum absolute atomic E-state index is 12.7. The number of hydrogen-bond acceptors (Lipinski definition) is 4. The number of amides is 2. The second kappa shape index (κ2) is 7.64. The molecule has 148 valence electrons. The van der Waals surface area contributed by atoms with Crippen molar-refractivity contribution in [3.63, 3.8) is 0 Å². The van der Waals surface area contributed by atoms with Crippen LogP contribution in [0.5, 0.6) is 0 Å². The summed E-state index contributed by atoms with van der Waals surface area (Å²) >= 11 is 0. The molecule has 2 aromatic carbocycles. The van der Waals surface area contributed by atoms with E-state index in [1.165, 1.54) is 0 Å². The predicted octanol–water partition coefficient (Wildman–Crippen LogP) is 3.88. The van der Waals surface area contributed by atoms with Crippen molar-refractivity contribution in [3.05, 3.63) is 64.7 Å². The van der Waals surface area contributed by atoms with Gasteiger partial charge in [-0.1, -0.05) is 36.4 Å². The van der Waals surface area contributed by atoms with Gasteiger partial charge in [0.05, 0.1) is 0 Å². The zero-order chi connectivity index (χ0) is 20.5. The van der Waals surface area contributed by atoms with Crippen LogP contribution >= 0.6 is 0 Å². The first-order chi connectivity index (χ1) is 13.1. The van der Waals surface area contributed by atoms with Gasteiger partial charge in [-0.05, 0) is 56.0 Å². The fourth-order valence-electron chi connectivity index (χ4n) is 3.30. The highest BCUT2D eigenvalue weighted by Gasteiger charge is 2.31. The van der Waals surface area contributed by atoms with Crippen LogP contribution in [0.4, 0.5) is 10.5 Å². The Balaban J connectivity index is 1.84. The third-order valence-corrected chi connectivity index (χ3v) is 4.61. The summed E-state index contributed by atoms with van der Waals surface area (Å²) in [5.74, 6) is -0.0939. The fourth-order valence-corrected chi connectivity index (χ4v) is 3.30. The van der Waals surface area contributed by atoms with Crippen molar-refractivity contribution >= 4 is 17.7 Å². The number of fused-ring (bicyclic) bond motifs is 1. The molecule has 0 saturated heterocycles. The highest BCUT2D eigenvalue weighted by molar-refractivity contribution is 5.88. The largest absolute Gasteiger partial charge is 0.444 e. The molecule has 0 aliphatic carbocycles. The lowest BCUT2D eigenvalue weighted by Crippen LogP contribution is -2.42. The number of nitrogens with two attached hydrogens (primary N) is 1. The van der Waals surface area contributed by atoms with Crippen LogP contribution in [-0.2, 0) is 22.6 Å². The van der Waals surface area contributed by atoms with Gasteiger partial charge in [0, 0.05) is 18.8 Å². The molecule has 0 fully saturated rings. The molecule has 0 aromatic heterocycles. The van der Waals surface area contributed by atoms with Gasteiger partial charge in [-0.2, -0.15) is 0 Å². The van der Waals surface area contributed by atoms with Gasteiger partial charge in [-0.25, -0.2) is 4.79 Å². The molecule has 0 bridgehead atoms. The Morgan fingerprint density at radius 2 is 1.93 bits per heavy atom. The van der Waals surface area contributed by atoms with Crippen molar-refractivity contribution in [2.45, 2.75) is 52.4 Å². The highest BCUT2D eigenvalue weighted by atomic mass is 16.6. The molecule has 1 heterocycles. The van der Waals surface area contributed by atoms with Crippen molar-refractivity contribution in [3.8, 4) is 0 Å². The van der Waals surface area contributed by atoms with Crippen molar-refractivity contribution in [2.24, 2.45) is 5.73 Å². The van der Waals surface area contributed by atoms with Gasteiger partial charge in [0.25, 0.3) is 0 Å². The second-order valence-electron chi connectivity index (χ2n) is 8.15. The molecular weight excluding hydrogens is 354 g/mol. The summed E-state index contributed by atoms with van der Waals surface area (Å²) in [5.41, 5.74) is 9.94. The van der Waals surface area contributed by atoms with E-state index in [9.17, 15) is 9.59 Å². The van der Waals surface area contributed by atoms with Crippen LogP contribution < -0.4 is 11.1 Å². The minimum Gasteiger partial charge on any atom is -0.444 e. The molecule has 6 nitrogen and oxygen atoms in total. The van der Waals surface area contributed by atoms with Crippen LogP contribution in [0.15, 0.2) is 42.5 Å². The second-order valence-corrected chi connectivity index (χ2v) is 8.15. The maximum Gasteiger partial charge on any atom is 0.412 e. The van der Waals surface area contributed by atoms with Gasteiger partial charge in [0.15, 0.2) is 0 Å². The van der Waals surface area contributed by atoms with Crippen LogP contribution in [0.2, 0.25) is 0 Å². The van der Waals surface area contributed by atoms with Crippen molar-refractivity contribution < 1.29 is 14.3 Å². The van der Waals surface area contributed by atoms with Gasteiger partial charge in [-0.15, -0.1) is 0 Å². The number of aryl methyl sites for hydroxylation is 1. The molecule has 0 radical (unpaired) electrons. The van der Waals surface area contributed by atoms with Gasteiger partial charge in [-0.3, -0.25) is 10.1 Å². The highest BCUT2D eigenvalue weighted by Crippen LogP contribution is 2.32. The van der Waals surface area contributed by atoms with Crippen LogP contribution in [0.25, 0.3) is 0 Å². The van der Waals surface area contributed by atoms with Gasteiger partial charge < -0.3 is 15.4 Å². The maximum atomic E-state index is 12.7. The summed E-state index contributed by atoms with van der Waals surface area (Å²) in [6.07, 6.45) is -0.507. The quantitative estimate of drug-likeness (QED) is 0.845. The zero-order valence-corrected chi connectivity index (χ0v) is 16.8. The van der Waals surface area contributed by atoms with E-state index in [0.717, 1.165) is 22.3 Å². The zero-order valence-electron chi connectivity index (χ0n) is 16.8. The molecule has 1 aliphatic rings. The Labute approximate surface area is 165 Å². The number of hydrogen-bond donors (Lipinski definition) is 2. The van der Waals surface area contributed by atoms with Crippen molar-refractivity contribution in [2.75, 3.05) is 5.32 Å². The minimum atomic E-state index is -0.707. The molecule has 0 saturated carbocycles. The molecule has 2 amide bonds. The lowest BCUT2D eigenvalue weighted by molar-refractivity contribution is -0.135. The number of nitrogens with zero attached hydrogens (tertiary/aromatic N) is 1. The minimum absolute atomic E-state index is 0.0939. The number of ether oxygens (including phenoxy) is 1. The fraction of sp³-hybridized carbons (Fsp3) is 0.364. The smallest absolute Gasteiger partial charge is 0.412 e. The van der Waals surface area contributed by atoms with Gasteiger partial charge in [0.1, 0.15) is 11.6 Å². The average Bonchev–Trinajstić information content (AvgIpc) is 2.60. The monoisotopic (exact) mass is 381 g/mol. The van der Waals surface area contributed by atoms with Crippen LogP contribution in [0, 0.1) is 6.92 Å². The summed E-state index contributed by atoms with van der Waals surface area (Å²) in [4.78, 5) is 26.6. The topological polar surface area (TPSA) is 84.7 Å². The van der Waals surface area contributed by atoms with Crippen LogP contribution in [0.3, 0.4) is 0 Å². The molecule has 2 aromatic rings. The SMILES string of the molecule is Cc1cc2c(cc1NC(=O)OC(C)(C)C)CN(Cc1ccccc1)C(=O)C2N. The van der Waals surface area contributed by atoms with E-state index < -0.39 is 17.7 Å². The Morgan fingerprint density at radius 3 is 2.57 bits per heavy atom. The predicted molar refractivity (Wildman–Crippen MR) is 109 cm³/mol. The van der Waals surface area contributed by atoms with E-state index in [1.807, 2.05) is 70.2 Å². The first-order valence-corrected chi connectivity index (χ1v) is 9.36. The standard InChI is InChI=1S/C22H27N3O3/c1-14-10-17-16(11-18(14)24-21(27)28-22(2,3)4)13-25(20(26)19(17)23)12-15-8-6-5-7-9-15/h5-11,19H,12-13,23H2,1-4H3,(H,24,27). The number of carbonyl (C=O) groups excluding carboxylic acids is 2. The third-order valence-electron chi connectivity index (χ3n) is 4.61. The number of nitrogens with one attached hydrogen (secondary N) is 1. The van der Waals surface area contributed by atoms with Crippen LogP contribution in [-0.4, -0.2) is 22.5 Å². The number of anilines is 1. The number of benzene rings is 2. The van der Waals surface area contributed by atoms with Crippen molar-refractivity contribution in [1.82, 2.24) is 4.90 Å². The Bertz CT molecular complexity index is 888. The lowest BCUT2D eigenvalue weighted by atomic mass is 9.92. The van der Waals surface area contributed by atoms with Crippen LogP contribution in [0.1, 0.15) is 49.1 Å². The number of rotatable bonds is 3. The van der Waals surface area contributed by atoms with E-state index in [4.69, 9.17) is 10.5 Å². The summed E-state index contributed by atoms with van der Waals surface area (Å²) in [6, 6.07) is 12.9. The molecule has 0 spiro atoms. The average molecular weight is 381 g/mol. The lowest BCUT2D eigenvalue weighted by Gasteiger charge is -2.33. The van der Waals surface area contributed by atoms with E-state index in [-0.39, 0.29) is 5.91 Å².